The van der Waals surface area contributed by atoms with Gasteiger partial charge in [0, 0.05) is 11.9 Å². The molecule has 9 heteroatoms. The van der Waals surface area contributed by atoms with Crippen molar-refractivity contribution in [2.24, 2.45) is 0 Å². The fraction of sp³-hybridized carbons (Fsp3) is 0.320. The normalized spacial score (nSPS) is 21.6. The number of fused-ring (bicyclic) bond motifs is 2. The number of rotatable bonds is 6. The molecule has 0 bridgehead atoms. The number of carbonyl (C=O) groups excluding carboxylic acids is 3. The van der Waals surface area contributed by atoms with Crippen molar-refractivity contribution in [2.45, 2.75) is 25.5 Å². The monoisotopic (exact) mass is 463 g/mol. The summed E-state index contributed by atoms with van der Waals surface area (Å²) in [4.78, 5) is 41.5. The number of likely N-dealkylation sites (N-methyl/N-ethyl adjacent to an activating group) is 1. The highest BCUT2D eigenvalue weighted by atomic mass is 16.6. The van der Waals surface area contributed by atoms with Crippen molar-refractivity contribution in [1.29, 1.82) is 0 Å². The van der Waals surface area contributed by atoms with Crippen LogP contribution in [0.4, 0.5) is 4.79 Å². The Balaban J connectivity index is 1.28. The molecular formula is C25H25N3O6. The SMILES string of the molecule is CCN(CC1COc2ccccc2O1)C(=O)CN1C(=O)NC(C)(c2cc3ccccc3o2)C1=O. The number of hydrogen-bond acceptors (Lipinski definition) is 6. The van der Waals surface area contributed by atoms with Crippen LogP contribution in [-0.4, -0.2) is 60.0 Å². The lowest BCUT2D eigenvalue weighted by Gasteiger charge is -2.31. The Hall–Kier alpha value is -4.01. The van der Waals surface area contributed by atoms with E-state index in [0.29, 0.717) is 36.0 Å². The highest BCUT2D eigenvalue weighted by Crippen LogP contribution is 2.33. The summed E-state index contributed by atoms with van der Waals surface area (Å²) in [5.41, 5.74) is -0.777. The molecule has 2 aliphatic heterocycles. The quantitative estimate of drug-likeness (QED) is 0.564. The number of ether oxygens (including phenoxy) is 2. The standard InChI is InChI=1S/C25H25N3O6/c1-3-27(13-17-15-32-19-10-6-7-11-20(19)33-17)22(29)14-28-23(30)25(2,26-24(28)31)21-12-16-8-4-5-9-18(16)34-21/h4-12,17H,3,13-15H2,1-2H3,(H,26,31). The Morgan fingerprint density at radius 3 is 2.65 bits per heavy atom. The Morgan fingerprint density at radius 1 is 1.15 bits per heavy atom. The van der Waals surface area contributed by atoms with Crippen LogP contribution in [0.3, 0.4) is 0 Å². The van der Waals surface area contributed by atoms with E-state index >= 15 is 0 Å². The van der Waals surface area contributed by atoms with Gasteiger partial charge in [0.1, 0.15) is 24.5 Å². The molecule has 176 valence electrons. The van der Waals surface area contributed by atoms with Gasteiger partial charge in [-0.25, -0.2) is 4.79 Å². The second-order valence-corrected chi connectivity index (χ2v) is 8.52. The molecule has 2 aliphatic rings. The predicted octanol–water partition coefficient (Wildman–Crippen LogP) is 2.89. The van der Waals surface area contributed by atoms with Gasteiger partial charge >= 0.3 is 6.03 Å². The summed E-state index contributed by atoms with van der Waals surface area (Å²) in [7, 11) is 0. The molecule has 0 saturated carbocycles. The Labute approximate surface area is 196 Å². The van der Waals surface area contributed by atoms with E-state index in [1.165, 1.54) is 0 Å². The lowest BCUT2D eigenvalue weighted by Crippen LogP contribution is -2.48. The van der Waals surface area contributed by atoms with Gasteiger partial charge in [0.15, 0.2) is 23.1 Å². The number of amides is 4. The summed E-state index contributed by atoms with van der Waals surface area (Å²) in [6.45, 7) is 4.00. The van der Waals surface area contributed by atoms with E-state index < -0.39 is 17.5 Å². The molecule has 0 aliphatic carbocycles. The molecule has 2 aromatic carbocycles. The van der Waals surface area contributed by atoms with Crippen LogP contribution in [0.1, 0.15) is 19.6 Å². The van der Waals surface area contributed by atoms with Crippen LogP contribution in [0.25, 0.3) is 11.0 Å². The first-order chi connectivity index (χ1) is 16.4. The van der Waals surface area contributed by atoms with Gasteiger partial charge in [-0.15, -0.1) is 0 Å². The van der Waals surface area contributed by atoms with Crippen LogP contribution in [0.2, 0.25) is 0 Å². The second kappa shape index (κ2) is 8.40. The van der Waals surface area contributed by atoms with E-state index in [2.05, 4.69) is 5.32 Å². The third kappa shape index (κ3) is 3.72. The zero-order chi connectivity index (χ0) is 23.9. The molecule has 1 N–H and O–H groups in total. The molecule has 4 amide bonds. The first-order valence-electron chi connectivity index (χ1n) is 11.2. The molecule has 2 unspecified atom stereocenters. The van der Waals surface area contributed by atoms with Gasteiger partial charge in [0.05, 0.1) is 6.54 Å². The number of hydrogen-bond donors (Lipinski definition) is 1. The average Bonchev–Trinajstić information content (AvgIpc) is 3.38. The van der Waals surface area contributed by atoms with Gasteiger partial charge in [-0.1, -0.05) is 30.3 Å². The summed E-state index contributed by atoms with van der Waals surface area (Å²) in [5.74, 6) is 0.713. The van der Waals surface area contributed by atoms with Gasteiger partial charge in [-0.05, 0) is 38.1 Å². The molecule has 0 radical (unpaired) electrons. The molecule has 9 nitrogen and oxygen atoms in total. The number of urea groups is 1. The molecule has 2 atom stereocenters. The third-order valence-corrected chi connectivity index (χ3v) is 6.21. The Bertz CT molecular complexity index is 1240. The van der Waals surface area contributed by atoms with E-state index in [1.807, 2.05) is 49.4 Å². The van der Waals surface area contributed by atoms with Crippen LogP contribution >= 0.6 is 0 Å². The summed E-state index contributed by atoms with van der Waals surface area (Å²) in [6.07, 6.45) is -0.359. The predicted molar refractivity (Wildman–Crippen MR) is 122 cm³/mol. The lowest BCUT2D eigenvalue weighted by molar-refractivity contribution is -0.139. The van der Waals surface area contributed by atoms with Crippen molar-refractivity contribution >= 4 is 28.8 Å². The summed E-state index contributed by atoms with van der Waals surface area (Å²) >= 11 is 0. The minimum Gasteiger partial charge on any atom is -0.486 e. The topological polar surface area (TPSA) is 101 Å². The second-order valence-electron chi connectivity index (χ2n) is 8.52. The Morgan fingerprint density at radius 2 is 1.88 bits per heavy atom. The van der Waals surface area contributed by atoms with Gasteiger partial charge in [0.2, 0.25) is 5.91 Å². The van der Waals surface area contributed by atoms with Crippen LogP contribution in [-0.2, 0) is 15.1 Å². The fourth-order valence-electron chi connectivity index (χ4n) is 4.28. The van der Waals surface area contributed by atoms with Crippen molar-refractivity contribution in [2.75, 3.05) is 26.2 Å². The fourth-order valence-corrected chi connectivity index (χ4v) is 4.28. The molecule has 5 rings (SSSR count). The summed E-state index contributed by atoms with van der Waals surface area (Å²) in [5, 5.41) is 3.51. The molecule has 3 aromatic rings. The van der Waals surface area contributed by atoms with Crippen molar-refractivity contribution < 1.29 is 28.3 Å². The van der Waals surface area contributed by atoms with Gasteiger partial charge in [-0.2, -0.15) is 0 Å². The largest absolute Gasteiger partial charge is 0.486 e. The zero-order valence-electron chi connectivity index (χ0n) is 18.9. The molecule has 0 spiro atoms. The zero-order valence-corrected chi connectivity index (χ0v) is 18.9. The number of carbonyl (C=O) groups is 3. The van der Waals surface area contributed by atoms with Gasteiger partial charge in [-0.3, -0.25) is 14.5 Å². The van der Waals surface area contributed by atoms with Crippen molar-refractivity contribution in [3.8, 4) is 11.5 Å². The van der Waals surface area contributed by atoms with E-state index in [0.717, 1.165) is 10.3 Å². The maximum absolute atomic E-state index is 13.3. The van der Waals surface area contributed by atoms with E-state index in [-0.39, 0.29) is 25.1 Å². The van der Waals surface area contributed by atoms with E-state index in [1.54, 1.807) is 24.0 Å². The summed E-state index contributed by atoms with van der Waals surface area (Å²) in [6, 6.07) is 15.8. The minimum absolute atomic E-state index is 0.272. The highest BCUT2D eigenvalue weighted by molar-refractivity contribution is 6.09. The number of nitrogens with one attached hydrogen (secondary N) is 1. The third-order valence-electron chi connectivity index (χ3n) is 6.21. The molecule has 34 heavy (non-hydrogen) atoms. The van der Waals surface area contributed by atoms with Crippen molar-refractivity contribution in [1.82, 2.24) is 15.1 Å². The van der Waals surface area contributed by atoms with Gasteiger partial charge < -0.3 is 24.1 Å². The van der Waals surface area contributed by atoms with E-state index in [4.69, 9.17) is 13.9 Å². The summed E-state index contributed by atoms with van der Waals surface area (Å²) < 4.78 is 17.5. The number of para-hydroxylation sites is 3. The molecule has 1 aromatic heterocycles. The number of furan rings is 1. The number of imide groups is 1. The maximum atomic E-state index is 13.3. The van der Waals surface area contributed by atoms with Crippen molar-refractivity contribution in [3.05, 3.63) is 60.4 Å². The highest BCUT2D eigenvalue weighted by Gasteiger charge is 2.52. The molecule has 3 heterocycles. The first-order valence-corrected chi connectivity index (χ1v) is 11.2. The Kier molecular flexibility index (Phi) is 5.39. The minimum atomic E-state index is -1.39. The number of benzene rings is 2. The van der Waals surface area contributed by atoms with Crippen molar-refractivity contribution in [3.63, 3.8) is 0 Å². The smallest absolute Gasteiger partial charge is 0.325 e. The lowest BCUT2D eigenvalue weighted by atomic mass is 9.99. The first kappa shape index (κ1) is 21.8. The van der Waals surface area contributed by atoms with Gasteiger partial charge in [0.25, 0.3) is 5.91 Å². The van der Waals surface area contributed by atoms with Crippen LogP contribution in [0, 0.1) is 0 Å². The van der Waals surface area contributed by atoms with Crippen LogP contribution < -0.4 is 14.8 Å². The van der Waals surface area contributed by atoms with Crippen LogP contribution in [0.5, 0.6) is 11.5 Å². The molecular weight excluding hydrogens is 438 g/mol. The molecule has 1 saturated heterocycles. The number of nitrogens with zero attached hydrogens (tertiary/aromatic N) is 2. The maximum Gasteiger partial charge on any atom is 0.325 e. The molecule has 1 fully saturated rings. The van der Waals surface area contributed by atoms with Crippen LogP contribution in [0.15, 0.2) is 59.0 Å². The van der Waals surface area contributed by atoms with E-state index in [9.17, 15) is 14.4 Å². The average molecular weight is 463 g/mol.